The van der Waals surface area contributed by atoms with Gasteiger partial charge in [-0.15, -0.1) is 0 Å². The zero-order valence-electron chi connectivity index (χ0n) is 17.9. The molecule has 2 aromatic rings. The van der Waals surface area contributed by atoms with Crippen LogP contribution in [-0.2, 0) is 6.54 Å². The van der Waals surface area contributed by atoms with Crippen LogP contribution < -0.4 is 4.74 Å². The molecule has 0 amide bonds. The molecule has 27 heavy (non-hydrogen) atoms. The molecule has 0 spiro atoms. The van der Waals surface area contributed by atoms with Crippen molar-refractivity contribution in [1.29, 1.82) is 0 Å². The van der Waals surface area contributed by atoms with E-state index in [0.29, 0.717) is 6.04 Å². The summed E-state index contributed by atoms with van der Waals surface area (Å²) in [6, 6.07) is 4.80. The van der Waals surface area contributed by atoms with E-state index in [9.17, 15) is 0 Å². The number of rotatable bonds is 5. The van der Waals surface area contributed by atoms with Gasteiger partial charge in [0.15, 0.2) is 0 Å². The number of hydrogen-bond acceptors (Lipinski definition) is 2. The SMILES string of the molecule is C=C/C=C(\C)C1CC(C)CCN1Cc1c(OC)cc(C)c2[nH]ccc12.CC. The van der Waals surface area contributed by atoms with Crippen LogP contribution >= 0.6 is 0 Å². The number of fused-ring (bicyclic) bond motifs is 1. The van der Waals surface area contributed by atoms with E-state index in [1.807, 2.05) is 26.1 Å². The number of aromatic nitrogens is 1. The number of benzene rings is 1. The third-order valence-corrected chi connectivity index (χ3v) is 5.57. The Balaban J connectivity index is 0.00000126. The van der Waals surface area contributed by atoms with Gasteiger partial charge in [-0.1, -0.05) is 45.1 Å². The van der Waals surface area contributed by atoms with E-state index in [1.165, 1.54) is 40.4 Å². The molecule has 0 saturated carbocycles. The van der Waals surface area contributed by atoms with Crippen molar-refractivity contribution in [3.63, 3.8) is 0 Å². The van der Waals surface area contributed by atoms with E-state index in [1.54, 1.807) is 7.11 Å². The molecule has 1 aromatic carbocycles. The summed E-state index contributed by atoms with van der Waals surface area (Å²) in [5, 5.41) is 1.28. The summed E-state index contributed by atoms with van der Waals surface area (Å²) in [7, 11) is 1.77. The van der Waals surface area contributed by atoms with E-state index < -0.39 is 0 Å². The second-order valence-corrected chi connectivity index (χ2v) is 7.40. The molecule has 0 radical (unpaired) electrons. The summed E-state index contributed by atoms with van der Waals surface area (Å²) < 4.78 is 5.74. The lowest BCUT2D eigenvalue weighted by molar-refractivity contribution is 0.132. The number of likely N-dealkylation sites (tertiary alicyclic amines) is 1. The molecule has 1 aliphatic heterocycles. The van der Waals surface area contributed by atoms with Crippen molar-refractivity contribution in [2.24, 2.45) is 5.92 Å². The number of H-pyrrole nitrogens is 1. The zero-order valence-corrected chi connectivity index (χ0v) is 17.9. The van der Waals surface area contributed by atoms with Gasteiger partial charge >= 0.3 is 0 Å². The van der Waals surface area contributed by atoms with Crippen molar-refractivity contribution in [1.82, 2.24) is 9.88 Å². The minimum atomic E-state index is 0.474. The van der Waals surface area contributed by atoms with Gasteiger partial charge in [-0.05, 0) is 56.8 Å². The number of methoxy groups -OCH3 is 1. The second kappa shape index (κ2) is 9.80. The molecule has 3 nitrogen and oxygen atoms in total. The number of nitrogens with one attached hydrogen (secondary N) is 1. The maximum atomic E-state index is 5.74. The Morgan fingerprint density at radius 2 is 2.15 bits per heavy atom. The van der Waals surface area contributed by atoms with Gasteiger partial charge in [-0.3, -0.25) is 4.90 Å². The van der Waals surface area contributed by atoms with Crippen LogP contribution in [0.5, 0.6) is 5.75 Å². The van der Waals surface area contributed by atoms with E-state index in [2.05, 4.69) is 55.4 Å². The quantitative estimate of drug-likeness (QED) is 0.632. The van der Waals surface area contributed by atoms with Gasteiger partial charge in [0.2, 0.25) is 0 Å². The Bertz CT molecular complexity index is 787. The Morgan fingerprint density at radius 1 is 1.41 bits per heavy atom. The molecule has 2 atom stereocenters. The van der Waals surface area contributed by atoms with Gasteiger partial charge in [0.25, 0.3) is 0 Å². The van der Waals surface area contributed by atoms with Crippen LogP contribution in [0.4, 0.5) is 0 Å². The van der Waals surface area contributed by atoms with Crippen molar-refractivity contribution >= 4 is 10.9 Å². The molecule has 2 unspecified atom stereocenters. The van der Waals surface area contributed by atoms with E-state index in [4.69, 9.17) is 4.74 Å². The van der Waals surface area contributed by atoms with Crippen molar-refractivity contribution in [3.8, 4) is 5.75 Å². The predicted molar refractivity (Wildman–Crippen MR) is 117 cm³/mol. The molecule has 1 saturated heterocycles. The highest BCUT2D eigenvalue weighted by atomic mass is 16.5. The first-order valence-electron chi connectivity index (χ1n) is 10.2. The Kier molecular flexibility index (Phi) is 7.73. The molecular weight excluding hydrogens is 332 g/mol. The summed E-state index contributed by atoms with van der Waals surface area (Å²) in [4.78, 5) is 5.99. The Hall–Kier alpha value is -2.00. The highest BCUT2D eigenvalue weighted by Gasteiger charge is 2.28. The smallest absolute Gasteiger partial charge is 0.124 e. The fourth-order valence-corrected chi connectivity index (χ4v) is 4.13. The van der Waals surface area contributed by atoms with E-state index in [0.717, 1.165) is 24.8 Å². The first kappa shape index (κ1) is 21.3. The molecule has 1 aromatic heterocycles. The summed E-state index contributed by atoms with van der Waals surface area (Å²) in [5.41, 5.74) is 5.14. The molecule has 3 heteroatoms. The minimum Gasteiger partial charge on any atom is -0.496 e. The topological polar surface area (TPSA) is 28.3 Å². The van der Waals surface area contributed by atoms with Crippen LogP contribution in [0.3, 0.4) is 0 Å². The molecule has 148 valence electrons. The maximum absolute atomic E-state index is 5.74. The predicted octanol–water partition coefficient (Wildman–Crippen LogP) is 6.24. The molecule has 1 N–H and O–H groups in total. The van der Waals surface area contributed by atoms with Crippen LogP contribution in [0, 0.1) is 12.8 Å². The van der Waals surface area contributed by atoms with Crippen LogP contribution in [0.1, 0.15) is 51.7 Å². The lowest BCUT2D eigenvalue weighted by Crippen LogP contribution is -2.42. The van der Waals surface area contributed by atoms with E-state index >= 15 is 0 Å². The van der Waals surface area contributed by atoms with Crippen molar-refractivity contribution < 1.29 is 4.74 Å². The zero-order chi connectivity index (χ0) is 20.0. The van der Waals surface area contributed by atoms with Gasteiger partial charge in [0.05, 0.1) is 7.11 Å². The van der Waals surface area contributed by atoms with Gasteiger partial charge in [-0.25, -0.2) is 0 Å². The number of aryl methyl sites for hydroxylation is 1. The van der Waals surface area contributed by atoms with Crippen molar-refractivity contribution in [2.45, 2.75) is 60.0 Å². The highest BCUT2D eigenvalue weighted by Crippen LogP contribution is 2.35. The summed E-state index contributed by atoms with van der Waals surface area (Å²) in [6.07, 6.45) is 8.56. The summed E-state index contributed by atoms with van der Waals surface area (Å²) >= 11 is 0. The molecule has 1 aliphatic rings. The number of aromatic amines is 1. The summed E-state index contributed by atoms with van der Waals surface area (Å²) in [6.45, 7) is 16.6. The monoisotopic (exact) mass is 368 g/mol. The number of ether oxygens (including phenoxy) is 1. The van der Waals surface area contributed by atoms with E-state index in [-0.39, 0.29) is 0 Å². The molecule has 2 heterocycles. The van der Waals surface area contributed by atoms with Crippen molar-refractivity contribution in [3.05, 3.63) is 53.8 Å². The van der Waals surface area contributed by atoms with Crippen LogP contribution in [-0.4, -0.2) is 29.6 Å². The number of allylic oxidation sites excluding steroid dienone is 2. The lowest BCUT2D eigenvalue weighted by Gasteiger charge is -2.39. The van der Waals surface area contributed by atoms with Crippen molar-refractivity contribution in [2.75, 3.05) is 13.7 Å². The molecular formula is C24H36N2O. The standard InChI is InChI=1S/C22H30N2O.C2H6/c1-6-7-16(3)20-12-15(2)9-11-24(20)14-19-18-8-10-23-22(18)17(4)13-21(19)25-5;1-2/h6-8,10,13,15,20,23H,1,9,11-12,14H2,2-5H3;1-2H3/b16-7+;. The molecule has 0 bridgehead atoms. The highest BCUT2D eigenvalue weighted by molar-refractivity contribution is 5.88. The summed E-state index contributed by atoms with van der Waals surface area (Å²) in [5.74, 6) is 1.76. The third-order valence-electron chi connectivity index (χ3n) is 5.57. The largest absolute Gasteiger partial charge is 0.496 e. The van der Waals surface area contributed by atoms with Gasteiger partial charge in [0, 0.05) is 35.2 Å². The van der Waals surface area contributed by atoms with Crippen LogP contribution in [0.15, 0.2) is 42.6 Å². The first-order valence-corrected chi connectivity index (χ1v) is 10.2. The number of piperidine rings is 1. The Morgan fingerprint density at radius 3 is 2.81 bits per heavy atom. The average Bonchev–Trinajstić information content (AvgIpc) is 3.17. The fourth-order valence-electron chi connectivity index (χ4n) is 4.13. The Labute approximate surface area is 165 Å². The lowest BCUT2D eigenvalue weighted by atomic mass is 9.88. The number of nitrogens with zero attached hydrogens (tertiary/aromatic N) is 1. The average molecular weight is 369 g/mol. The van der Waals surface area contributed by atoms with Gasteiger partial charge in [-0.2, -0.15) is 0 Å². The van der Waals surface area contributed by atoms with Crippen LogP contribution in [0.25, 0.3) is 10.9 Å². The van der Waals surface area contributed by atoms with Crippen LogP contribution in [0.2, 0.25) is 0 Å². The number of hydrogen-bond donors (Lipinski definition) is 1. The molecule has 0 aliphatic carbocycles. The molecule has 1 fully saturated rings. The molecule has 3 rings (SSSR count). The van der Waals surface area contributed by atoms with Gasteiger partial charge in [0.1, 0.15) is 5.75 Å². The fraction of sp³-hybridized carbons (Fsp3) is 0.500. The maximum Gasteiger partial charge on any atom is 0.124 e. The second-order valence-electron chi connectivity index (χ2n) is 7.40. The third kappa shape index (κ3) is 4.65. The normalized spacial score (nSPS) is 20.9. The minimum absolute atomic E-state index is 0.474. The van der Waals surface area contributed by atoms with Gasteiger partial charge < -0.3 is 9.72 Å². The first-order chi connectivity index (χ1) is 13.0.